The molecule has 1 saturated heterocycles. The molecule has 4 rings (SSSR count). The number of carbonyl (C=O) groups excluding carboxylic acids is 1. The summed E-state index contributed by atoms with van der Waals surface area (Å²) in [5.41, 5.74) is -1.32. The fraction of sp³-hybridized carbons (Fsp3) is 0.182. The SMILES string of the molecule is Cc1c(Cn2c(=O)c(C(=O)O)cn(-c3ccc(N4CCOC4=O)cc3)c2=O)cccc1[N+](=O)[O-]. The minimum Gasteiger partial charge on any atom is -0.477 e. The van der Waals surface area contributed by atoms with Crippen LogP contribution in [0.25, 0.3) is 5.69 Å². The number of anilines is 1. The molecule has 0 unspecified atom stereocenters. The molecule has 1 aliphatic rings. The third-order valence-electron chi connectivity index (χ3n) is 5.54. The molecule has 174 valence electrons. The van der Waals surface area contributed by atoms with E-state index in [1.165, 1.54) is 42.2 Å². The fourth-order valence-corrected chi connectivity index (χ4v) is 3.70. The van der Waals surface area contributed by atoms with Crippen molar-refractivity contribution in [2.24, 2.45) is 0 Å². The highest BCUT2D eigenvalue weighted by Gasteiger charge is 2.24. The molecule has 0 bridgehead atoms. The lowest BCUT2D eigenvalue weighted by Crippen LogP contribution is -2.42. The Kier molecular flexibility index (Phi) is 5.72. The average molecular weight is 466 g/mol. The predicted molar refractivity (Wildman–Crippen MR) is 119 cm³/mol. The number of amides is 1. The number of rotatable bonds is 6. The molecular weight excluding hydrogens is 448 g/mol. The number of carbonyl (C=O) groups is 2. The highest BCUT2D eigenvalue weighted by atomic mass is 16.6. The average Bonchev–Trinajstić information content (AvgIpc) is 3.23. The first kappa shape index (κ1) is 22.5. The van der Waals surface area contributed by atoms with Crippen molar-refractivity contribution in [1.29, 1.82) is 0 Å². The largest absolute Gasteiger partial charge is 0.477 e. The summed E-state index contributed by atoms with van der Waals surface area (Å²) in [6.07, 6.45) is 0.432. The Hall–Kier alpha value is -4.74. The van der Waals surface area contributed by atoms with Gasteiger partial charge >= 0.3 is 17.8 Å². The Morgan fingerprint density at radius 1 is 1.12 bits per heavy atom. The first-order chi connectivity index (χ1) is 16.2. The Labute approximate surface area is 191 Å². The molecule has 3 aromatic rings. The zero-order chi connectivity index (χ0) is 24.6. The van der Waals surface area contributed by atoms with E-state index in [2.05, 4.69) is 0 Å². The van der Waals surface area contributed by atoms with Crippen molar-refractivity contribution in [3.05, 3.63) is 96.3 Å². The summed E-state index contributed by atoms with van der Waals surface area (Å²) in [5.74, 6) is -1.53. The first-order valence-electron chi connectivity index (χ1n) is 10.1. The normalized spacial score (nSPS) is 13.1. The van der Waals surface area contributed by atoms with Gasteiger partial charge in [0.25, 0.3) is 11.2 Å². The van der Waals surface area contributed by atoms with Crippen LogP contribution in [0.4, 0.5) is 16.2 Å². The van der Waals surface area contributed by atoms with Gasteiger partial charge in [-0.15, -0.1) is 0 Å². The van der Waals surface area contributed by atoms with Crippen LogP contribution >= 0.6 is 0 Å². The molecule has 0 saturated carbocycles. The molecule has 1 fully saturated rings. The molecule has 0 radical (unpaired) electrons. The van der Waals surface area contributed by atoms with E-state index in [-0.39, 0.29) is 30.1 Å². The Morgan fingerprint density at radius 2 is 1.79 bits per heavy atom. The van der Waals surface area contributed by atoms with E-state index in [1.807, 2.05) is 0 Å². The zero-order valence-corrected chi connectivity index (χ0v) is 17.8. The summed E-state index contributed by atoms with van der Waals surface area (Å²) >= 11 is 0. The fourth-order valence-electron chi connectivity index (χ4n) is 3.70. The molecule has 1 amide bonds. The second kappa shape index (κ2) is 8.65. The molecule has 2 aromatic carbocycles. The Balaban J connectivity index is 1.82. The predicted octanol–water partition coefficient (Wildman–Crippen LogP) is 1.92. The van der Waals surface area contributed by atoms with Crippen LogP contribution in [0, 0.1) is 17.0 Å². The van der Waals surface area contributed by atoms with Crippen LogP contribution in [0.2, 0.25) is 0 Å². The van der Waals surface area contributed by atoms with E-state index >= 15 is 0 Å². The van der Waals surface area contributed by atoms with Gasteiger partial charge in [0.1, 0.15) is 12.2 Å². The number of aromatic carboxylic acids is 1. The van der Waals surface area contributed by atoms with Crippen molar-refractivity contribution in [2.75, 3.05) is 18.1 Å². The lowest BCUT2D eigenvalue weighted by molar-refractivity contribution is -0.385. The molecular formula is C22H18N4O8. The van der Waals surface area contributed by atoms with Gasteiger partial charge in [0.15, 0.2) is 0 Å². The van der Waals surface area contributed by atoms with Gasteiger partial charge in [0.2, 0.25) is 0 Å². The summed E-state index contributed by atoms with van der Waals surface area (Å²) in [6.45, 7) is 1.75. The van der Waals surface area contributed by atoms with Gasteiger partial charge in [-0.2, -0.15) is 0 Å². The highest BCUT2D eigenvalue weighted by molar-refractivity contribution is 5.89. The summed E-state index contributed by atoms with van der Waals surface area (Å²) in [6, 6.07) is 10.4. The first-order valence-corrected chi connectivity index (χ1v) is 10.1. The van der Waals surface area contributed by atoms with E-state index in [9.17, 15) is 34.4 Å². The number of ether oxygens (including phenoxy) is 1. The second-order valence-corrected chi connectivity index (χ2v) is 7.49. The lowest BCUT2D eigenvalue weighted by Gasteiger charge is -2.15. The zero-order valence-electron chi connectivity index (χ0n) is 17.8. The summed E-state index contributed by atoms with van der Waals surface area (Å²) in [5, 5.41) is 20.8. The summed E-state index contributed by atoms with van der Waals surface area (Å²) < 4.78 is 6.63. The molecule has 12 nitrogen and oxygen atoms in total. The third-order valence-corrected chi connectivity index (χ3v) is 5.54. The maximum Gasteiger partial charge on any atom is 0.414 e. The van der Waals surface area contributed by atoms with Crippen LogP contribution in [-0.4, -0.2) is 44.4 Å². The number of hydrogen-bond acceptors (Lipinski definition) is 7. The van der Waals surface area contributed by atoms with Gasteiger partial charge in [-0.3, -0.25) is 28.9 Å². The number of aromatic nitrogens is 2. The summed E-state index contributed by atoms with van der Waals surface area (Å²) in [4.78, 5) is 61.5. The number of carboxylic acids is 1. The maximum atomic E-state index is 13.2. The number of cyclic esters (lactones) is 1. The number of nitro groups is 1. The van der Waals surface area contributed by atoms with E-state index in [0.717, 1.165) is 15.3 Å². The van der Waals surface area contributed by atoms with Gasteiger partial charge in [-0.25, -0.2) is 14.4 Å². The van der Waals surface area contributed by atoms with Crippen molar-refractivity contribution < 1.29 is 24.4 Å². The minimum absolute atomic E-state index is 0.184. The van der Waals surface area contributed by atoms with Crippen molar-refractivity contribution >= 4 is 23.4 Å². The summed E-state index contributed by atoms with van der Waals surface area (Å²) in [7, 11) is 0. The van der Waals surface area contributed by atoms with Crippen LogP contribution in [0.5, 0.6) is 0 Å². The van der Waals surface area contributed by atoms with Gasteiger partial charge in [0, 0.05) is 23.5 Å². The quantitative estimate of drug-likeness (QED) is 0.427. The number of hydrogen-bond donors (Lipinski definition) is 1. The Morgan fingerprint density at radius 3 is 2.38 bits per heavy atom. The van der Waals surface area contributed by atoms with Crippen molar-refractivity contribution in [3.8, 4) is 5.69 Å². The van der Waals surface area contributed by atoms with E-state index in [0.29, 0.717) is 17.8 Å². The van der Waals surface area contributed by atoms with Crippen molar-refractivity contribution in [3.63, 3.8) is 0 Å². The number of nitrogens with zero attached hydrogens (tertiary/aromatic N) is 4. The number of benzene rings is 2. The molecule has 12 heteroatoms. The molecule has 0 aliphatic carbocycles. The molecule has 1 aromatic heterocycles. The molecule has 0 atom stereocenters. The topological polar surface area (TPSA) is 154 Å². The lowest BCUT2D eigenvalue weighted by atomic mass is 10.1. The second-order valence-electron chi connectivity index (χ2n) is 7.49. The van der Waals surface area contributed by atoms with E-state index < -0.39 is 33.8 Å². The van der Waals surface area contributed by atoms with E-state index in [4.69, 9.17) is 4.74 Å². The van der Waals surface area contributed by atoms with Crippen LogP contribution in [0.1, 0.15) is 21.5 Å². The van der Waals surface area contributed by atoms with Gasteiger partial charge < -0.3 is 9.84 Å². The Bertz CT molecular complexity index is 1440. The smallest absolute Gasteiger partial charge is 0.414 e. The van der Waals surface area contributed by atoms with Crippen LogP contribution in [0.15, 0.2) is 58.3 Å². The van der Waals surface area contributed by atoms with Crippen LogP contribution in [0.3, 0.4) is 0 Å². The van der Waals surface area contributed by atoms with Gasteiger partial charge in [0.05, 0.1) is 23.7 Å². The molecule has 2 heterocycles. The van der Waals surface area contributed by atoms with Crippen LogP contribution in [-0.2, 0) is 11.3 Å². The molecule has 1 N–H and O–H groups in total. The molecule has 34 heavy (non-hydrogen) atoms. The maximum absolute atomic E-state index is 13.2. The number of carboxylic acid groups (broad SMARTS) is 1. The minimum atomic E-state index is -1.53. The van der Waals surface area contributed by atoms with Gasteiger partial charge in [-0.1, -0.05) is 12.1 Å². The highest BCUT2D eigenvalue weighted by Crippen LogP contribution is 2.22. The monoisotopic (exact) mass is 466 g/mol. The molecule has 1 aliphatic heterocycles. The third kappa shape index (κ3) is 3.92. The van der Waals surface area contributed by atoms with Crippen LogP contribution < -0.4 is 16.1 Å². The standard InChI is InChI=1S/C22H18N4O8/c1-13-14(3-2-4-18(13)26(32)33)11-25-19(27)17(20(28)29)12-24(21(25)30)16-7-5-15(6-8-16)23-9-10-34-22(23)31/h2-8,12H,9-11H2,1H3,(H,28,29). The van der Waals surface area contributed by atoms with E-state index in [1.54, 1.807) is 12.1 Å². The molecule has 0 spiro atoms. The number of nitro benzene ring substituents is 1. The van der Waals surface area contributed by atoms with Crippen molar-refractivity contribution in [2.45, 2.75) is 13.5 Å². The van der Waals surface area contributed by atoms with Crippen molar-refractivity contribution in [1.82, 2.24) is 9.13 Å². The van der Waals surface area contributed by atoms with Gasteiger partial charge in [-0.05, 0) is 36.8 Å².